The summed E-state index contributed by atoms with van der Waals surface area (Å²) in [6.07, 6.45) is 0.810. The van der Waals surface area contributed by atoms with Crippen molar-refractivity contribution in [1.29, 1.82) is 0 Å². The van der Waals surface area contributed by atoms with Crippen LogP contribution in [0.15, 0.2) is 24.3 Å². The number of nitrogens with one attached hydrogen (secondary N) is 2. The van der Waals surface area contributed by atoms with E-state index >= 15 is 0 Å². The predicted octanol–water partition coefficient (Wildman–Crippen LogP) is 1.59. The fraction of sp³-hybridized carbons (Fsp3) is 0.579. The molecule has 1 aromatic rings. The molecule has 1 aliphatic rings. The number of benzene rings is 1. The second kappa shape index (κ2) is 11.8. The Morgan fingerprint density at radius 1 is 1.37 bits per heavy atom. The third kappa shape index (κ3) is 7.01. The first-order chi connectivity index (χ1) is 12.5. The lowest BCUT2D eigenvalue weighted by Crippen LogP contribution is -2.53. The van der Waals surface area contributed by atoms with Crippen molar-refractivity contribution in [1.82, 2.24) is 15.1 Å². The first kappa shape index (κ1) is 23.2. The fourth-order valence-corrected chi connectivity index (χ4v) is 3.06. The molecule has 0 aliphatic carbocycles. The second-order valence-electron chi connectivity index (χ2n) is 6.59. The van der Waals surface area contributed by atoms with Crippen LogP contribution >= 0.6 is 12.4 Å². The Kier molecular flexibility index (Phi) is 10.1. The van der Waals surface area contributed by atoms with E-state index in [0.29, 0.717) is 30.6 Å². The van der Waals surface area contributed by atoms with Crippen LogP contribution in [0.1, 0.15) is 20.3 Å². The van der Waals surface area contributed by atoms with E-state index in [2.05, 4.69) is 22.5 Å². The number of para-hydroxylation sites is 2. The minimum atomic E-state index is -0.218. The van der Waals surface area contributed by atoms with Crippen molar-refractivity contribution in [2.24, 2.45) is 0 Å². The van der Waals surface area contributed by atoms with E-state index in [-0.39, 0.29) is 30.8 Å². The number of hydrogen-bond donors (Lipinski definition) is 2. The molecule has 8 heteroatoms. The molecule has 152 valence electrons. The van der Waals surface area contributed by atoms with Crippen LogP contribution in [0.25, 0.3) is 0 Å². The number of ether oxygens (including phenoxy) is 1. The molecule has 0 spiro atoms. The number of nitrogens with zero attached hydrogens (tertiary/aromatic N) is 2. The van der Waals surface area contributed by atoms with Crippen LogP contribution in [0.5, 0.6) is 5.75 Å². The lowest BCUT2D eigenvalue weighted by molar-refractivity contribution is -0.136. The van der Waals surface area contributed by atoms with Gasteiger partial charge in [-0.15, -0.1) is 12.4 Å². The smallest absolute Gasteiger partial charge is 0.244 e. The maximum atomic E-state index is 12.7. The average molecular weight is 399 g/mol. The third-order valence-corrected chi connectivity index (χ3v) is 4.54. The molecule has 1 fully saturated rings. The summed E-state index contributed by atoms with van der Waals surface area (Å²) in [4.78, 5) is 29.0. The molecular formula is C19H31ClN4O3. The number of carbonyl (C=O) groups excluding carboxylic acids is 2. The lowest BCUT2D eigenvalue weighted by atomic mass is 10.2. The number of halogens is 1. The summed E-state index contributed by atoms with van der Waals surface area (Å²) < 4.78 is 5.25. The molecule has 1 heterocycles. The highest BCUT2D eigenvalue weighted by Crippen LogP contribution is 2.22. The van der Waals surface area contributed by atoms with Crippen molar-refractivity contribution < 1.29 is 14.3 Å². The summed E-state index contributed by atoms with van der Waals surface area (Å²) in [5.74, 6) is 0.379. The minimum absolute atomic E-state index is 0. The molecule has 0 aromatic heterocycles. The van der Waals surface area contributed by atoms with Gasteiger partial charge >= 0.3 is 0 Å². The quantitative estimate of drug-likeness (QED) is 0.695. The van der Waals surface area contributed by atoms with Crippen molar-refractivity contribution >= 4 is 29.9 Å². The summed E-state index contributed by atoms with van der Waals surface area (Å²) in [7, 11) is 1.56. The van der Waals surface area contributed by atoms with E-state index < -0.39 is 0 Å². The lowest BCUT2D eigenvalue weighted by Gasteiger charge is -2.34. The molecule has 0 bridgehead atoms. The Morgan fingerprint density at radius 3 is 2.78 bits per heavy atom. The molecule has 7 nitrogen and oxygen atoms in total. The number of carbonyl (C=O) groups is 2. The van der Waals surface area contributed by atoms with Gasteiger partial charge in [0.25, 0.3) is 0 Å². The first-order valence-electron chi connectivity index (χ1n) is 9.20. The Morgan fingerprint density at radius 2 is 2.11 bits per heavy atom. The average Bonchev–Trinajstić information content (AvgIpc) is 2.63. The normalized spacial score (nSPS) is 16.9. The molecule has 1 atom stereocenters. The Bertz CT molecular complexity index is 614. The van der Waals surface area contributed by atoms with Crippen LogP contribution in [0.4, 0.5) is 5.69 Å². The van der Waals surface area contributed by atoms with E-state index in [1.54, 1.807) is 24.1 Å². The predicted molar refractivity (Wildman–Crippen MR) is 110 cm³/mol. The number of methoxy groups -OCH3 is 1. The highest BCUT2D eigenvalue weighted by Gasteiger charge is 2.24. The van der Waals surface area contributed by atoms with Gasteiger partial charge in [0.15, 0.2) is 0 Å². The number of piperazine rings is 1. The topological polar surface area (TPSA) is 73.9 Å². The molecule has 0 unspecified atom stereocenters. The molecule has 1 aliphatic heterocycles. The van der Waals surface area contributed by atoms with Crippen LogP contribution in [-0.2, 0) is 9.59 Å². The number of anilines is 1. The highest BCUT2D eigenvalue weighted by atomic mass is 35.5. The molecule has 2 N–H and O–H groups in total. The zero-order valence-corrected chi connectivity index (χ0v) is 17.2. The molecule has 0 saturated carbocycles. The summed E-state index contributed by atoms with van der Waals surface area (Å²) in [6.45, 7) is 7.70. The van der Waals surface area contributed by atoms with E-state index in [9.17, 15) is 9.59 Å². The monoisotopic (exact) mass is 398 g/mol. The van der Waals surface area contributed by atoms with Crippen molar-refractivity contribution in [3.05, 3.63) is 24.3 Å². The maximum absolute atomic E-state index is 12.7. The van der Waals surface area contributed by atoms with Crippen molar-refractivity contribution in [3.63, 3.8) is 0 Å². The molecule has 2 amide bonds. The zero-order chi connectivity index (χ0) is 18.9. The van der Waals surface area contributed by atoms with Gasteiger partial charge in [-0.25, -0.2) is 0 Å². The van der Waals surface area contributed by atoms with Crippen LogP contribution in [0.3, 0.4) is 0 Å². The summed E-state index contributed by atoms with van der Waals surface area (Å²) in [6, 6.07) is 7.56. The van der Waals surface area contributed by atoms with Crippen LogP contribution in [0, 0.1) is 0 Å². The SMILES string of the molecule is CCCN(CC(=O)Nc1ccccc1OC)C(=O)CN1CCNC[C@H]1C.Cl. The van der Waals surface area contributed by atoms with Gasteiger partial charge < -0.3 is 20.3 Å². The van der Waals surface area contributed by atoms with Crippen molar-refractivity contribution in [2.45, 2.75) is 26.3 Å². The van der Waals surface area contributed by atoms with Gasteiger partial charge in [0.05, 0.1) is 25.9 Å². The summed E-state index contributed by atoms with van der Waals surface area (Å²) in [5.41, 5.74) is 0.611. The Labute approximate surface area is 167 Å². The van der Waals surface area contributed by atoms with Crippen LogP contribution < -0.4 is 15.4 Å². The van der Waals surface area contributed by atoms with Gasteiger partial charge in [0.2, 0.25) is 11.8 Å². The molecule has 2 rings (SSSR count). The van der Waals surface area contributed by atoms with Gasteiger partial charge in [0.1, 0.15) is 5.75 Å². The van der Waals surface area contributed by atoms with Gasteiger partial charge in [-0.1, -0.05) is 19.1 Å². The van der Waals surface area contributed by atoms with E-state index in [0.717, 1.165) is 26.1 Å². The Balaban J connectivity index is 0.00000364. The molecule has 1 aromatic carbocycles. The highest BCUT2D eigenvalue weighted by molar-refractivity contribution is 5.95. The maximum Gasteiger partial charge on any atom is 0.244 e. The van der Waals surface area contributed by atoms with Crippen LogP contribution in [0.2, 0.25) is 0 Å². The standard InChI is InChI=1S/C19H30N4O3.ClH/c1-4-10-23(19(25)14-22-11-9-20-12-15(22)2)13-18(24)21-16-7-5-6-8-17(16)26-3;/h5-8,15,20H,4,9-14H2,1-3H3,(H,21,24);1H/t15-;/m1./s1. The number of hydrogen-bond acceptors (Lipinski definition) is 5. The number of rotatable bonds is 8. The van der Waals surface area contributed by atoms with Gasteiger partial charge in [-0.05, 0) is 25.5 Å². The molecule has 0 radical (unpaired) electrons. The summed E-state index contributed by atoms with van der Waals surface area (Å²) >= 11 is 0. The largest absolute Gasteiger partial charge is 0.495 e. The second-order valence-corrected chi connectivity index (χ2v) is 6.59. The van der Waals surface area contributed by atoms with Gasteiger partial charge in [-0.3, -0.25) is 14.5 Å². The van der Waals surface area contributed by atoms with E-state index in [1.165, 1.54) is 0 Å². The molecule has 27 heavy (non-hydrogen) atoms. The summed E-state index contributed by atoms with van der Waals surface area (Å²) in [5, 5.41) is 6.16. The Hall–Kier alpha value is -1.83. The van der Waals surface area contributed by atoms with E-state index in [1.807, 2.05) is 19.1 Å². The van der Waals surface area contributed by atoms with Crippen molar-refractivity contribution in [2.75, 3.05) is 51.7 Å². The first-order valence-corrected chi connectivity index (χ1v) is 9.20. The minimum Gasteiger partial charge on any atom is -0.495 e. The zero-order valence-electron chi connectivity index (χ0n) is 16.4. The molecular weight excluding hydrogens is 368 g/mol. The van der Waals surface area contributed by atoms with Gasteiger partial charge in [0, 0.05) is 32.2 Å². The molecule has 1 saturated heterocycles. The fourth-order valence-electron chi connectivity index (χ4n) is 3.06. The van der Waals surface area contributed by atoms with E-state index in [4.69, 9.17) is 4.74 Å². The van der Waals surface area contributed by atoms with Gasteiger partial charge in [-0.2, -0.15) is 0 Å². The van der Waals surface area contributed by atoms with Crippen molar-refractivity contribution in [3.8, 4) is 5.75 Å². The van der Waals surface area contributed by atoms with Crippen LogP contribution in [-0.4, -0.2) is 74.0 Å². The third-order valence-electron chi connectivity index (χ3n) is 4.54. The number of amides is 2.